The van der Waals surface area contributed by atoms with E-state index in [0.717, 1.165) is 0 Å². The molecule has 0 bridgehead atoms. The van der Waals surface area contributed by atoms with Crippen LogP contribution < -0.4 is 21.2 Å². The van der Waals surface area contributed by atoms with Gasteiger partial charge in [-0.25, -0.2) is 0 Å². The molecule has 0 saturated heterocycles. The van der Waals surface area contributed by atoms with Gasteiger partial charge in [-0.15, -0.1) is 0 Å². The van der Waals surface area contributed by atoms with E-state index in [9.17, 15) is 25.2 Å². The van der Waals surface area contributed by atoms with E-state index in [1.54, 1.807) is 0 Å². The summed E-state index contributed by atoms with van der Waals surface area (Å²) in [6, 6.07) is 42.8. The summed E-state index contributed by atoms with van der Waals surface area (Å²) in [6.07, 6.45) is 0. The van der Waals surface area contributed by atoms with Gasteiger partial charge in [-0.3, -0.25) is 0 Å². The second-order valence-corrected chi connectivity index (χ2v) is 13.6. The molecule has 4 aromatic carbocycles. The summed E-state index contributed by atoms with van der Waals surface area (Å²) in [4.78, 5) is 0. The third kappa shape index (κ3) is 14.8. The van der Waals surface area contributed by atoms with Crippen molar-refractivity contribution in [1.29, 1.82) is 0 Å². The molecule has 4 aromatic rings. The minimum Gasteiger partial charge on any atom is 1.00 e. The molecule has 196 valence electrons. The van der Waals surface area contributed by atoms with E-state index < -0.39 is 7.81 Å². The number of hydrogen-bond acceptors (Lipinski definition) is 0. The fourth-order valence-electron chi connectivity index (χ4n) is 2.90. The second kappa shape index (κ2) is 13.3. The van der Waals surface area contributed by atoms with Crippen LogP contribution in [0.25, 0.3) is 0 Å². The van der Waals surface area contributed by atoms with Crippen LogP contribution in [-0.2, 0) is 20.1 Å². The van der Waals surface area contributed by atoms with Gasteiger partial charge in [-0.2, -0.15) is 0 Å². The molecule has 0 N–H and O–H groups in total. The van der Waals surface area contributed by atoms with Gasteiger partial charge in [0.25, 0.3) is 0 Å². The quantitative estimate of drug-likeness (QED) is 0.145. The SMILES string of the molecule is CP(c1ccccc1)c1ccccc1.CP(c1ccccc1)c1ccccc1.F[P-](F)(F)(F)(F)F.[Ir+]. The van der Waals surface area contributed by atoms with Gasteiger partial charge in [0.15, 0.2) is 0 Å². The van der Waals surface area contributed by atoms with Gasteiger partial charge in [0.2, 0.25) is 0 Å². The van der Waals surface area contributed by atoms with E-state index in [1.807, 2.05) is 0 Å². The monoisotopic (exact) mass is 738 g/mol. The van der Waals surface area contributed by atoms with Crippen molar-refractivity contribution in [3.63, 3.8) is 0 Å². The Morgan fingerprint density at radius 2 is 0.528 bits per heavy atom. The van der Waals surface area contributed by atoms with Crippen LogP contribution in [0, 0.1) is 0 Å². The number of hydrogen-bond donors (Lipinski definition) is 0. The topological polar surface area (TPSA) is 0 Å². The zero-order valence-electron chi connectivity index (χ0n) is 19.5. The van der Waals surface area contributed by atoms with Gasteiger partial charge in [-0.1, -0.05) is 121 Å². The molecule has 10 heteroatoms. The normalized spacial score (nSPS) is 12.6. The van der Waals surface area contributed by atoms with Gasteiger partial charge < -0.3 is 0 Å². The van der Waals surface area contributed by atoms with Crippen molar-refractivity contribution < 1.29 is 45.3 Å². The first-order valence-electron chi connectivity index (χ1n) is 10.4. The zero-order chi connectivity index (χ0) is 26.0. The Labute approximate surface area is 224 Å². The van der Waals surface area contributed by atoms with E-state index in [2.05, 4.69) is 135 Å². The minimum atomic E-state index is -10.7. The van der Waals surface area contributed by atoms with Crippen LogP contribution in [0.2, 0.25) is 0 Å². The summed E-state index contributed by atoms with van der Waals surface area (Å²) in [6.45, 7) is 4.61. The Kier molecular flexibility index (Phi) is 12.0. The van der Waals surface area contributed by atoms with Gasteiger partial charge in [0, 0.05) is 0 Å². The second-order valence-electron chi connectivity index (χ2n) is 7.42. The average Bonchev–Trinajstić information content (AvgIpc) is 2.84. The van der Waals surface area contributed by atoms with Crippen LogP contribution in [0.15, 0.2) is 121 Å². The molecule has 0 aliphatic heterocycles. The Hall–Kier alpha value is -1.60. The van der Waals surface area contributed by atoms with E-state index in [1.165, 1.54) is 21.2 Å². The van der Waals surface area contributed by atoms with Gasteiger partial charge >= 0.3 is 53.1 Å². The summed E-state index contributed by atoms with van der Waals surface area (Å²) in [5.41, 5.74) is 0. The number of rotatable bonds is 4. The molecular weight excluding hydrogens is 711 g/mol. The molecule has 0 aromatic heterocycles. The fraction of sp³-hybridized carbons (Fsp3) is 0.0769. The van der Waals surface area contributed by atoms with Crippen molar-refractivity contribution in [2.75, 3.05) is 13.3 Å². The molecular formula is C26H26F6IrP3. The fourth-order valence-corrected chi connectivity index (χ4v) is 5.98. The maximum absolute atomic E-state index is 10.7. The molecule has 0 radical (unpaired) electrons. The van der Waals surface area contributed by atoms with Crippen LogP contribution in [0.4, 0.5) is 25.2 Å². The summed E-state index contributed by atoms with van der Waals surface area (Å²) in [5, 5.41) is 5.75. The van der Waals surface area contributed by atoms with Crippen molar-refractivity contribution in [3.8, 4) is 0 Å². The van der Waals surface area contributed by atoms with Crippen LogP contribution in [-0.4, -0.2) is 13.3 Å². The van der Waals surface area contributed by atoms with Gasteiger partial charge in [0.05, 0.1) is 0 Å². The van der Waals surface area contributed by atoms with Gasteiger partial charge in [-0.05, 0) is 50.4 Å². The molecule has 36 heavy (non-hydrogen) atoms. The smallest absolute Gasteiger partial charge is 1.00 e. The Bertz CT molecular complexity index is 975. The maximum Gasteiger partial charge on any atom is 1.00 e. The zero-order valence-corrected chi connectivity index (χ0v) is 24.6. The molecule has 0 nitrogen and oxygen atoms in total. The molecule has 0 heterocycles. The molecule has 4 rings (SSSR count). The standard InChI is InChI=1S/2C13H13P.F6P.Ir/c2*1-14(12-8-4-2-5-9-12)13-10-6-3-7-11-13;1-7(2,3,4,5)6;/h2*2-11H,1H3;;/q;;-1;+1. The third-order valence-corrected chi connectivity index (χ3v) is 8.86. The molecule has 0 unspecified atom stereocenters. The largest absolute Gasteiger partial charge is 1.00 e. The molecule has 0 fully saturated rings. The summed E-state index contributed by atoms with van der Waals surface area (Å²) < 4.78 is 59.2. The maximum atomic E-state index is 9.87. The van der Waals surface area contributed by atoms with Gasteiger partial charge in [0.1, 0.15) is 0 Å². The van der Waals surface area contributed by atoms with Crippen molar-refractivity contribution >= 4 is 44.9 Å². The molecule has 0 aliphatic rings. The predicted molar refractivity (Wildman–Crippen MR) is 144 cm³/mol. The van der Waals surface area contributed by atoms with Crippen molar-refractivity contribution in [1.82, 2.24) is 0 Å². The number of benzene rings is 4. The third-order valence-electron chi connectivity index (χ3n) is 4.57. The molecule has 0 amide bonds. The van der Waals surface area contributed by atoms with Crippen molar-refractivity contribution in [2.24, 2.45) is 0 Å². The predicted octanol–water partition coefficient (Wildman–Crippen LogP) is 8.88. The molecule has 0 saturated carbocycles. The van der Waals surface area contributed by atoms with E-state index in [-0.39, 0.29) is 35.9 Å². The summed E-state index contributed by atoms with van der Waals surface area (Å²) in [7, 11) is -11.0. The first-order valence-corrected chi connectivity index (χ1v) is 16.1. The van der Waals surface area contributed by atoms with Crippen LogP contribution >= 0.6 is 23.7 Å². The Morgan fingerprint density at radius 1 is 0.389 bits per heavy atom. The first kappa shape index (κ1) is 32.4. The van der Waals surface area contributed by atoms with Crippen molar-refractivity contribution in [3.05, 3.63) is 121 Å². The first-order chi connectivity index (χ1) is 16.2. The van der Waals surface area contributed by atoms with Crippen LogP contribution in [0.5, 0.6) is 0 Å². The van der Waals surface area contributed by atoms with Crippen LogP contribution in [0.3, 0.4) is 0 Å². The Morgan fingerprint density at radius 3 is 0.667 bits per heavy atom. The van der Waals surface area contributed by atoms with E-state index in [0.29, 0.717) is 0 Å². The molecule has 0 spiro atoms. The van der Waals surface area contributed by atoms with E-state index >= 15 is 0 Å². The summed E-state index contributed by atoms with van der Waals surface area (Å²) >= 11 is 0. The average molecular weight is 738 g/mol. The van der Waals surface area contributed by atoms with Crippen LogP contribution in [0.1, 0.15) is 0 Å². The minimum absolute atomic E-state index is 0. The summed E-state index contributed by atoms with van der Waals surface area (Å²) in [5.74, 6) is 0. The molecule has 0 atom stereocenters. The Balaban J connectivity index is 0.000000283. The van der Waals surface area contributed by atoms with Crippen molar-refractivity contribution in [2.45, 2.75) is 0 Å². The molecule has 0 aliphatic carbocycles. The number of halogens is 6. The van der Waals surface area contributed by atoms with E-state index in [4.69, 9.17) is 0 Å².